The summed E-state index contributed by atoms with van der Waals surface area (Å²) in [6.45, 7) is 5.14. The smallest absolute Gasteiger partial charge is 0.147 e. The molecule has 22 heavy (non-hydrogen) atoms. The number of allylic oxidation sites excluding steroid dienone is 4. The minimum Gasteiger partial charge on any atom is -0.147 e. The molecule has 0 N–H and O–H groups in total. The summed E-state index contributed by atoms with van der Waals surface area (Å²) in [5.74, 6) is 0. The number of benzene rings is 2. The summed E-state index contributed by atoms with van der Waals surface area (Å²) in [7, 11) is 0. The van der Waals surface area contributed by atoms with E-state index in [9.17, 15) is 0 Å². The van der Waals surface area contributed by atoms with Gasteiger partial charge in [0.1, 0.15) is 0 Å². The first-order valence-corrected chi connectivity index (χ1v) is 8.37. The zero-order valence-electron chi connectivity index (χ0n) is 12.8. The van der Waals surface area contributed by atoms with E-state index in [0.717, 1.165) is 13.0 Å². The minimum absolute atomic E-state index is 0. The molecule has 1 nitrogen and oxygen atoms in total. The quantitative estimate of drug-likeness (QED) is 0.616. The fourth-order valence-corrected chi connectivity index (χ4v) is 4.20. The Morgan fingerprint density at radius 3 is 2.45 bits per heavy atom. The van der Waals surface area contributed by atoms with Crippen LogP contribution in [-0.4, -0.2) is 0 Å². The molecule has 0 unspecified atom stereocenters. The average Bonchev–Trinajstić information content (AvgIpc) is 2.77. The van der Waals surface area contributed by atoms with Crippen molar-refractivity contribution in [3.8, 4) is 0 Å². The predicted molar refractivity (Wildman–Crippen MR) is 94.3 cm³/mol. The van der Waals surface area contributed by atoms with E-state index in [1.807, 2.05) is 0 Å². The zero-order valence-corrected chi connectivity index (χ0v) is 16.0. The molecule has 0 bridgehead atoms. The average molecular weight is 371 g/mol. The Labute approximate surface area is 154 Å². The Kier molecular flexibility index (Phi) is 7.89. The van der Waals surface area contributed by atoms with Crippen LogP contribution in [0.3, 0.4) is 0 Å². The van der Waals surface area contributed by atoms with E-state index in [2.05, 4.69) is 62.4 Å². The van der Waals surface area contributed by atoms with Crippen molar-refractivity contribution in [2.75, 3.05) is 0 Å². The van der Waals surface area contributed by atoms with Crippen molar-refractivity contribution in [3.05, 3.63) is 69.1 Å². The first kappa shape index (κ1) is 19.5. The molecule has 3 rings (SSSR count). The first-order valence-electron chi connectivity index (χ1n) is 6.95. The first-order chi connectivity index (χ1) is 9.74. The van der Waals surface area contributed by atoms with Crippen molar-refractivity contribution in [2.24, 2.45) is 0 Å². The van der Waals surface area contributed by atoms with Gasteiger partial charge in [0.05, 0.1) is 0 Å². The van der Waals surface area contributed by atoms with Crippen LogP contribution >= 0.6 is 24.8 Å². The van der Waals surface area contributed by atoms with Crippen molar-refractivity contribution in [2.45, 2.75) is 26.9 Å². The summed E-state index contributed by atoms with van der Waals surface area (Å²) in [5, 5.41) is 2.61. The van der Waals surface area contributed by atoms with Gasteiger partial charge in [-0.2, -0.15) is 0 Å². The van der Waals surface area contributed by atoms with Crippen LogP contribution in [0, 0.1) is 0 Å². The molecule has 0 saturated carbocycles. The van der Waals surface area contributed by atoms with Crippen LogP contribution < -0.4 is 0 Å². The Hall–Kier alpha value is -0.566. The zero-order chi connectivity index (χ0) is 13.9. The van der Waals surface area contributed by atoms with Crippen LogP contribution in [0.2, 0.25) is 0 Å². The van der Waals surface area contributed by atoms with E-state index in [1.165, 1.54) is 27.5 Å². The van der Waals surface area contributed by atoms with Gasteiger partial charge in [-0.25, -0.2) is 0 Å². The summed E-state index contributed by atoms with van der Waals surface area (Å²) < 4.78 is 7.61. The number of fused-ring (bicyclic) bond motifs is 1. The van der Waals surface area contributed by atoms with Gasteiger partial charge in [0.2, 0.25) is 0 Å². The maximum absolute atomic E-state index is 6.06. The normalized spacial score (nSPS) is 13.5. The van der Waals surface area contributed by atoms with Crippen LogP contribution in [0.4, 0.5) is 0 Å². The molecule has 2 aromatic rings. The summed E-state index contributed by atoms with van der Waals surface area (Å²) in [6.07, 6.45) is 3.42. The van der Waals surface area contributed by atoms with Gasteiger partial charge >= 0.3 is 130 Å². The molecule has 0 saturated heterocycles. The molecule has 116 valence electrons. The van der Waals surface area contributed by atoms with Gasteiger partial charge in [0.25, 0.3) is 0 Å². The molecule has 1 aliphatic rings. The van der Waals surface area contributed by atoms with E-state index in [1.54, 1.807) is 3.88 Å². The van der Waals surface area contributed by atoms with E-state index < -0.39 is 19.5 Å². The van der Waals surface area contributed by atoms with Crippen LogP contribution in [0.5, 0.6) is 0 Å². The number of rotatable bonds is 4. The molecule has 1 aliphatic carbocycles. The predicted octanol–water partition coefficient (Wildman–Crippen LogP) is 5.82. The Morgan fingerprint density at radius 2 is 1.73 bits per heavy atom. The van der Waals surface area contributed by atoms with Crippen molar-refractivity contribution in [3.63, 3.8) is 0 Å². The van der Waals surface area contributed by atoms with Gasteiger partial charge in [-0.05, 0) is 0 Å². The molecule has 2 aromatic carbocycles. The Morgan fingerprint density at radius 1 is 1.00 bits per heavy atom. The third-order valence-electron chi connectivity index (χ3n) is 3.70. The molecule has 0 fully saturated rings. The molecule has 0 heterocycles. The van der Waals surface area contributed by atoms with Crippen molar-refractivity contribution >= 4 is 35.6 Å². The van der Waals surface area contributed by atoms with Gasteiger partial charge in [0.15, 0.2) is 0 Å². The molecule has 0 radical (unpaired) electrons. The summed E-state index contributed by atoms with van der Waals surface area (Å²) in [4.78, 5) is 0. The molecular weight excluding hydrogens is 351 g/mol. The Balaban J connectivity index is 0.00000121. The van der Waals surface area contributed by atoms with Gasteiger partial charge in [-0.3, -0.25) is 0 Å². The monoisotopic (exact) mass is 370 g/mol. The van der Waals surface area contributed by atoms with Gasteiger partial charge in [0, 0.05) is 0 Å². The van der Waals surface area contributed by atoms with Crippen LogP contribution in [0.25, 0.3) is 10.8 Å². The van der Waals surface area contributed by atoms with Crippen molar-refractivity contribution in [1.82, 2.24) is 0 Å². The molecule has 0 aliphatic heterocycles. The van der Waals surface area contributed by atoms with Gasteiger partial charge < -0.3 is 0 Å². The minimum atomic E-state index is -0.443. The second-order valence-corrected chi connectivity index (χ2v) is 7.07. The SMILES string of the molecule is CC1=CC(C)=[C]([Ti][O]Cc2cccc3ccccc23)C1.Cl.Cl. The van der Waals surface area contributed by atoms with Crippen LogP contribution in [0.15, 0.2) is 63.6 Å². The fraction of sp³-hybridized carbons (Fsp3) is 0.222. The van der Waals surface area contributed by atoms with E-state index >= 15 is 0 Å². The third-order valence-corrected chi connectivity index (χ3v) is 5.42. The third kappa shape index (κ3) is 4.47. The van der Waals surface area contributed by atoms with Crippen molar-refractivity contribution in [1.29, 1.82) is 0 Å². The van der Waals surface area contributed by atoms with Crippen LogP contribution in [-0.2, 0) is 29.5 Å². The number of halogens is 2. The molecule has 0 spiro atoms. The standard InChI is InChI=1S/C11H9O.C7H9.2ClH.Ti/c12-8-10-6-3-5-9-4-1-2-7-11(9)10;1-6-3-4-7(2)5-6;;;/h1-7H,8H2;5H,3H2,1-2H3;2*1H;/q-1;;;;+1. The summed E-state index contributed by atoms with van der Waals surface area (Å²) >= 11 is -0.443. The van der Waals surface area contributed by atoms with E-state index in [4.69, 9.17) is 3.32 Å². The summed E-state index contributed by atoms with van der Waals surface area (Å²) in [5.41, 5.74) is 4.20. The number of hydrogen-bond acceptors (Lipinski definition) is 1. The molecule has 0 atom stereocenters. The van der Waals surface area contributed by atoms with Crippen LogP contribution in [0.1, 0.15) is 25.8 Å². The largest absolute Gasteiger partial charge is 0.147 e. The maximum atomic E-state index is 6.06. The second-order valence-electron chi connectivity index (χ2n) is 5.36. The van der Waals surface area contributed by atoms with E-state index in [0.29, 0.717) is 0 Å². The van der Waals surface area contributed by atoms with Gasteiger partial charge in [-0.15, -0.1) is 24.8 Å². The van der Waals surface area contributed by atoms with E-state index in [-0.39, 0.29) is 24.8 Å². The number of hydrogen-bond donors (Lipinski definition) is 0. The second kappa shape index (κ2) is 8.91. The molecular formula is C18H20Cl2OTi. The topological polar surface area (TPSA) is 9.23 Å². The molecule has 4 heteroatoms. The molecule has 0 amide bonds. The fourth-order valence-electron chi connectivity index (χ4n) is 2.66. The maximum Gasteiger partial charge on any atom is -0.147 e. The Bertz CT molecular complexity index is 702. The molecule has 0 aromatic heterocycles. The van der Waals surface area contributed by atoms with Crippen molar-refractivity contribution < 1.29 is 22.9 Å². The summed E-state index contributed by atoms with van der Waals surface area (Å²) in [6, 6.07) is 15.0. The van der Waals surface area contributed by atoms with Gasteiger partial charge in [-0.1, -0.05) is 0 Å².